The van der Waals surface area contributed by atoms with Crippen LogP contribution >= 0.6 is 0 Å². The van der Waals surface area contributed by atoms with Crippen LogP contribution in [0.2, 0.25) is 0 Å². The van der Waals surface area contributed by atoms with Crippen molar-refractivity contribution in [3.8, 4) is 11.4 Å². The second-order valence-corrected chi connectivity index (χ2v) is 10.1. The molecule has 0 saturated carbocycles. The number of aryl methyl sites for hydroxylation is 1. The molecule has 0 unspecified atom stereocenters. The first kappa shape index (κ1) is 27.1. The first-order chi connectivity index (χ1) is 17.0. The lowest BCUT2D eigenvalue weighted by molar-refractivity contribution is -0.130. The van der Waals surface area contributed by atoms with Crippen LogP contribution in [-0.4, -0.2) is 53.2 Å². The Morgan fingerprint density at radius 2 is 1.86 bits per heavy atom. The number of methoxy groups -OCH3 is 1. The summed E-state index contributed by atoms with van der Waals surface area (Å²) < 4.78 is 46.6. The van der Waals surface area contributed by atoms with Crippen LogP contribution in [0.5, 0.6) is 5.75 Å². The number of ether oxygens (including phenoxy) is 1. The molecule has 1 amide bonds. The van der Waals surface area contributed by atoms with Crippen LogP contribution in [0, 0.1) is 12.7 Å². The van der Waals surface area contributed by atoms with Gasteiger partial charge in [-0.1, -0.05) is 18.2 Å². The van der Waals surface area contributed by atoms with Gasteiger partial charge in [0.05, 0.1) is 37.1 Å². The van der Waals surface area contributed by atoms with Gasteiger partial charge >= 0.3 is 0 Å². The molecule has 4 rings (SSSR count). The Kier molecular flexibility index (Phi) is 8.65. The number of hydrogen-bond acceptors (Lipinski definition) is 5. The average molecular weight is 516 g/mol. The van der Waals surface area contributed by atoms with Gasteiger partial charge in [0, 0.05) is 18.3 Å². The minimum atomic E-state index is -3.67. The number of hydrogen-bond donors (Lipinski definition) is 1. The fraction of sp³-hybridized carbons (Fsp3) is 0.308. The third-order valence-electron chi connectivity index (χ3n) is 5.74. The summed E-state index contributed by atoms with van der Waals surface area (Å²) in [5.41, 5.74) is 4.44. The van der Waals surface area contributed by atoms with Gasteiger partial charge in [0.2, 0.25) is 5.91 Å². The van der Waals surface area contributed by atoms with Crippen molar-refractivity contribution in [3.05, 3.63) is 83.2 Å². The van der Waals surface area contributed by atoms with Crippen LogP contribution in [0.15, 0.2) is 60.6 Å². The van der Waals surface area contributed by atoms with Gasteiger partial charge < -0.3 is 14.2 Å². The molecule has 192 valence electrons. The van der Waals surface area contributed by atoms with Crippen molar-refractivity contribution in [2.75, 3.05) is 19.9 Å². The molecule has 2 heterocycles. The second-order valence-electron chi connectivity index (χ2n) is 8.59. The number of rotatable bonds is 5. The number of piperidine rings is 1. The van der Waals surface area contributed by atoms with Crippen molar-refractivity contribution in [2.45, 2.75) is 32.7 Å². The van der Waals surface area contributed by atoms with E-state index in [1.807, 2.05) is 53.8 Å². The number of carbonyl (C=O) groups is 1. The van der Waals surface area contributed by atoms with E-state index in [4.69, 9.17) is 9.29 Å². The standard InChI is InChI=1S/C25H26FN3O2.CH4O3S/c1-17-15-28(16-27-17)23-11-6-19(14-24(23)31-3)13-21-5-4-12-29(25(21)30)18(2)20-7-9-22(26)10-8-20;1-5(2,3)4/h6-11,13-16,18H,4-5,12H2,1-3H3;1H3,(H,2,3,4)/b21-13+;/t18-;/m0./s1. The van der Waals surface area contributed by atoms with Gasteiger partial charge in [-0.25, -0.2) is 9.37 Å². The van der Waals surface area contributed by atoms with Crippen molar-refractivity contribution in [1.82, 2.24) is 14.5 Å². The van der Waals surface area contributed by atoms with Crippen molar-refractivity contribution in [1.29, 1.82) is 0 Å². The van der Waals surface area contributed by atoms with E-state index in [-0.39, 0.29) is 17.8 Å². The lowest BCUT2D eigenvalue weighted by Crippen LogP contribution is -2.38. The van der Waals surface area contributed by atoms with Crippen LogP contribution in [0.4, 0.5) is 4.39 Å². The number of amides is 1. The topological polar surface area (TPSA) is 102 Å². The van der Waals surface area contributed by atoms with E-state index in [1.165, 1.54) is 12.1 Å². The van der Waals surface area contributed by atoms with Crippen LogP contribution in [0.3, 0.4) is 0 Å². The quantitative estimate of drug-likeness (QED) is 0.394. The Labute approximate surface area is 210 Å². The number of benzene rings is 2. The number of nitrogens with zero attached hydrogens (tertiary/aromatic N) is 3. The van der Waals surface area contributed by atoms with Crippen molar-refractivity contribution in [2.24, 2.45) is 0 Å². The van der Waals surface area contributed by atoms with Crippen molar-refractivity contribution in [3.63, 3.8) is 0 Å². The molecule has 0 radical (unpaired) electrons. The van der Waals surface area contributed by atoms with Crippen LogP contribution in [-0.2, 0) is 14.9 Å². The number of likely N-dealkylation sites (tertiary alicyclic amines) is 1. The van der Waals surface area contributed by atoms with Gasteiger partial charge in [-0.3, -0.25) is 9.35 Å². The molecule has 2 aromatic carbocycles. The maximum atomic E-state index is 13.3. The Morgan fingerprint density at radius 1 is 1.19 bits per heavy atom. The summed E-state index contributed by atoms with van der Waals surface area (Å²) in [6.45, 7) is 4.62. The van der Waals surface area contributed by atoms with Crippen molar-refractivity contribution >= 4 is 22.1 Å². The predicted molar refractivity (Wildman–Crippen MR) is 136 cm³/mol. The third kappa shape index (κ3) is 7.25. The van der Waals surface area contributed by atoms with Gasteiger partial charge in [-0.05, 0) is 68.2 Å². The maximum absolute atomic E-state index is 13.3. The predicted octanol–water partition coefficient (Wildman–Crippen LogP) is 4.60. The van der Waals surface area contributed by atoms with E-state index < -0.39 is 10.1 Å². The van der Waals surface area contributed by atoms with Crippen LogP contribution in [0.25, 0.3) is 11.8 Å². The molecule has 0 spiro atoms. The first-order valence-corrected chi connectivity index (χ1v) is 13.2. The molecule has 1 saturated heterocycles. The summed E-state index contributed by atoms with van der Waals surface area (Å²) in [6.07, 6.45) is 7.98. The van der Waals surface area contributed by atoms with E-state index in [2.05, 4.69) is 4.98 Å². The lowest BCUT2D eigenvalue weighted by Gasteiger charge is -2.34. The molecule has 1 aliphatic heterocycles. The maximum Gasteiger partial charge on any atom is 0.261 e. The largest absolute Gasteiger partial charge is 0.495 e. The number of halogens is 1. The fourth-order valence-electron chi connectivity index (χ4n) is 4.01. The molecule has 1 N–H and O–H groups in total. The van der Waals surface area contributed by atoms with Crippen LogP contribution in [0.1, 0.15) is 42.6 Å². The zero-order valence-corrected chi connectivity index (χ0v) is 21.5. The smallest absolute Gasteiger partial charge is 0.261 e. The third-order valence-corrected chi connectivity index (χ3v) is 5.74. The first-order valence-electron chi connectivity index (χ1n) is 11.3. The molecule has 3 aromatic rings. The van der Waals surface area contributed by atoms with E-state index >= 15 is 0 Å². The molecule has 1 aromatic heterocycles. The highest BCUT2D eigenvalue weighted by Gasteiger charge is 2.28. The summed E-state index contributed by atoms with van der Waals surface area (Å²) >= 11 is 0. The molecule has 1 fully saturated rings. The van der Waals surface area contributed by atoms with E-state index in [1.54, 1.807) is 25.6 Å². The zero-order valence-electron chi connectivity index (χ0n) is 20.7. The Bertz CT molecular complexity index is 1340. The van der Waals surface area contributed by atoms with Gasteiger partial charge in [0.15, 0.2) is 0 Å². The monoisotopic (exact) mass is 515 g/mol. The molecular weight excluding hydrogens is 485 g/mol. The normalized spacial score (nSPS) is 15.9. The Balaban J connectivity index is 0.000000658. The zero-order chi connectivity index (χ0) is 26.5. The number of aromatic nitrogens is 2. The Morgan fingerprint density at radius 3 is 2.44 bits per heavy atom. The SMILES string of the molecule is COc1cc(/C=C2\CCCN([C@@H](C)c3ccc(F)cc3)C2=O)ccc1-n1cnc(C)c1.CS(=O)(=O)O. The summed E-state index contributed by atoms with van der Waals surface area (Å²) in [5.74, 6) is 0.465. The van der Waals surface area contributed by atoms with Gasteiger partial charge in [-0.2, -0.15) is 8.42 Å². The van der Waals surface area contributed by atoms with E-state index in [0.717, 1.165) is 40.9 Å². The summed E-state index contributed by atoms with van der Waals surface area (Å²) in [4.78, 5) is 19.3. The Hall–Kier alpha value is -3.50. The van der Waals surface area contributed by atoms with Crippen molar-refractivity contribution < 1.29 is 26.9 Å². The molecule has 1 atom stereocenters. The van der Waals surface area contributed by atoms with Crippen LogP contribution < -0.4 is 4.74 Å². The second kappa shape index (κ2) is 11.5. The van der Waals surface area contributed by atoms with Gasteiger partial charge in [0.1, 0.15) is 11.6 Å². The van der Waals surface area contributed by atoms with E-state index in [9.17, 15) is 17.6 Å². The van der Waals surface area contributed by atoms with Gasteiger partial charge in [-0.15, -0.1) is 0 Å². The number of carbonyl (C=O) groups excluding carboxylic acids is 1. The molecule has 8 nitrogen and oxygen atoms in total. The summed E-state index contributed by atoms with van der Waals surface area (Å²) in [5, 5.41) is 0. The lowest BCUT2D eigenvalue weighted by atomic mass is 9.97. The average Bonchev–Trinajstić information content (AvgIpc) is 3.25. The summed E-state index contributed by atoms with van der Waals surface area (Å²) in [7, 11) is -2.03. The van der Waals surface area contributed by atoms with E-state index in [0.29, 0.717) is 18.6 Å². The molecule has 1 aliphatic rings. The molecule has 10 heteroatoms. The summed E-state index contributed by atoms with van der Waals surface area (Å²) in [6, 6.07) is 12.1. The fourth-order valence-corrected chi connectivity index (χ4v) is 4.01. The highest BCUT2D eigenvalue weighted by Crippen LogP contribution is 2.30. The minimum absolute atomic E-state index is 0.0244. The molecule has 0 aliphatic carbocycles. The molecule has 36 heavy (non-hydrogen) atoms. The molecule has 0 bridgehead atoms. The highest BCUT2D eigenvalue weighted by atomic mass is 32.2. The molecular formula is C26H30FN3O5S. The van der Waals surface area contributed by atoms with Gasteiger partial charge in [0.25, 0.3) is 10.1 Å². The highest BCUT2D eigenvalue weighted by molar-refractivity contribution is 7.85. The minimum Gasteiger partial charge on any atom is -0.495 e. The number of imidazole rings is 1.